The van der Waals surface area contributed by atoms with Crippen molar-refractivity contribution in [1.29, 1.82) is 0 Å². The van der Waals surface area contributed by atoms with Crippen LogP contribution >= 0.6 is 34.2 Å². The predicted octanol–water partition coefficient (Wildman–Crippen LogP) is 7.63. The van der Waals surface area contributed by atoms with E-state index >= 15 is 4.39 Å². The van der Waals surface area contributed by atoms with E-state index in [0.717, 1.165) is 16.9 Å². The number of aromatic nitrogens is 3. The van der Waals surface area contributed by atoms with E-state index in [9.17, 15) is 9.18 Å². The third-order valence-corrected chi connectivity index (χ3v) is 9.38. The fourth-order valence-electron chi connectivity index (χ4n) is 5.44. The van der Waals surface area contributed by atoms with E-state index in [2.05, 4.69) is 32.6 Å². The highest BCUT2D eigenvalue weighted by Crippen LogP contribution is 2.40. The first-order chi connectivity index (χ1) is 21.7. The fourth-order valence-corrected chi connectivity index (χ4v) is 6.27. The highest BCUT2D eigenvalue weighted by Gasteiger charge is 2.33. The molecule has 46 heavy (non-hydrogen) atoms. The number of hydrogen-bond donors (Lipinski definition) is 0. The number of aryl methyl sites for hydroxylation is 1. The molecule has 2 aromatic carbocycles. The van der Waals surface area contributed by atoms with Crippen molar-refractivity contribution < 1.29 is 23.0 Å². The number of amides is 1. The van der Waals surface area contributed by atoms with Crippen molar-refractivity contribution in [3.63, 3.8) is 0 Å². The summed E-state index contributed by atoms with van der Waals surface area (Å²) in [5, 5.41) is 0.367. The Labute approximate surface area is 286 Å². The van der Waals surface area contributed by atoms with Gasteiger partial charge in [0.15, 0.2) is 5.82 Å². The molecule has 0 spiro atoms. The molecule has 1 fully saturated rings. The SMILES string of the molecule is COc1ccc(CN(C)c2cc(C)c(I)c(-c3c(Cl)cc4c(N5CCN(C(=O)OC(C)(C)C)C[C@@H]5C)nc(F)nc4c3F)n2)cc1. The second kappa shape index (κ2) is 13.3. The Morgan fingerprint density at radius 1 is 1.13 bits per heavy atom. The molecule has 0 unspecified atom stereocenters. The number of carbonyl (C=O) groups excluding carboxylic acids is 1. The Kier molecular flexibility index (Phi) is 9.78. The average molecular weight is 765 g/mol. The van der Waals surface area contributed by atoms with Crippen LogP contribution in [0.5, 0.6) is 5.75 Å². The Morgan fingerprint density at radius 2 is 1.83 bits per heavy atom. The van der Waals surface area contributed by atoms with Crippen LogP contribution in [-0.4, -0.2) is 71.4 Å². The summed E-state index contributed by atoms with van der Waals surface area (Å²) >= 11 is 8.95. The van der Waals surface area contributed by atoms with Crippen LogP contribution in [0.2, 0.25) is 5.02 Å². The van der Waals surface area contributed by atoms with E-state index in [-0.39, 0.29) is 33.3 Å². The lowest BCUT2D eigenvalue weighted by atomic mass is 10.0. The predicted molar refractivity (Wildman–Crippen MR) is 185 cm³/mol. The number of carbonyl (C=O) groups is 1. The number of piperazine rings is 1. The van der Waals surface area contributed by atoms with Gasteiger partial charge in [-0.05, 0) is 92.6 Å². The lowest BCUT2D eigenvalue weighted by Crippen LogP contribution is -2.55. The van der Waals surface area contributed by atoms with Gasteiger partial charge in [0.1, 0.15) is 28.5 Å². The van der Waals surface area contributed by atoms with E-state index in [1.807, 2.05) is 81.8 Å². The van der Waals surface area contributed by atoms with Gasteiger partial charge in [0, 0.05) is 48.2 Å². The van der Waals surface area contributed by atoms with Crippen LogP contribution in [0.25, 0.3) is 22.2 Å². The Balaban J connectivity index is 1.51. The first-order valence-corrected chi connectivity index (χ1v) is 16.2. The molecule has 0 bridgehead atoms. The van der Waals surface area contributed by atoms with Crippen LogP contribution in [0, 0.1) is 22.4 Å². The lowest BCUT2D eigenvalue weighted by Gasteiger charge is -2.41. The molecule has 0 aliphatic carbocycles. The zero-order chi connectivity index (χ0) is 33.5. The normalized spacial score (nSPS) is 15.3. The number of methoxy groups -OCH3 is 1. The van der Waals surface area contributed by atoms with Gasteiger partial charge in [0.25, 0.3) is 0 Å². The van der Waals surface area contributed by atoms with Gasteiger partial charge in [-0.1, -0.05) is 23.7 Å². The molecule has 0 radical (unpaired) electrons. The quantitative estimate of drug-likeness (QED) is 0.147. The van der Waals surface area contributed by atoms with E-state index in [1.165, 1.54) is 0 Å². The summed E-state index contributed by atoms with van der Waals surface area (Å²) in [6.45, 7) is 10.7. The molecule has 0 saturated carbocycles. The summed E-state index contributed by atoms with van der Waals surface area (Å²) in [6.07, 6.45) is -1.49. The molecule has 2 aromatic heterocycles. The van der Waals surface area contributed by atoms with E-state index in [4.69, 9.17) is 26.1 Å². The summed E-state index contributed by atoms with van der Waals surface area (Å²) in [6, 6.07) is 10.9. The Morgan fingerprint density at radius 3 is 2.46 bits per heavy atom. The molecule has 244 valence electrons. The summed E-state index contributed by atoms with van der Waals surface area (Å²) in [4.78, 5) is 30.8. The van der Waals surface area contributed by atoms with Crippen molar-refractivity contribution in [1.82, 2.24) is 19.9 Å². The molecule has 4 aromatic rings. The van der Waals surface area contributed by atoms with Gasteiger partial charge in [0.05, 0.1) is 23.4 Å². The summed E-state index contributed by atoms with van der Waals surface area (Å²) in [5.74, 6) is 0.799. The number of nitrogens with zero attached hydrogens (tertiary/aromatic N) is 6. The maximum atomic E-state index is 16.5. The minimum Gasteiger partial charge on any atom is -0.497 e. The molecule has 1 amide bonds. The average Bonchev–Trinajstić information content (AvgIpc) is 2.98. The topological polar surface area (TPSA) is 83.9 Å². The van der Waals surface area contributed by atoms with E-state index in [1.54, 1.807) is 18.1 Å². The molecule has 0 N–H and O–H groups in total. The van der Waals surface area contributed by atoms with Crippen LogP contribution < -0.4 is 14.5 Å². The number of pyridine rings is 1. The minimum atomic E-state index is -1.07. The molecule has 1 aliphatic heterocycles. The number of ether oxygens (including phenoxy) is 2. The maximum absolute atomic E-state index is 16.5. The lowest BCUT2D eigenvalue weighted by molar-refractivity contribution is 0.0218. The van der Waals surface area contributed by atoms with Gasteiger partial charge in [0.2, 0.25) is 0 Å². The van der Waals surface area contributed by atoms with Gasteiger partial charge in [-0.15, -0.1) is 0 Å². The van der Waals surface area contributed by atoms with Crippen LogP contribution in [0.1, 0.15) is 38.8 Å². The Hall–Kier alpha value is -3.52. The van der Waals surface area contributed by atoms with Gasteiger partial charge >= 0.3 is 12.2 Å². The second-order valence-corrected chi connectivity index (χ2v) is 13.9. The van der Waals surface area contributed by atoms with E-state index < -0.39 is 23.6 Å². The van der Waals surface area contributed by atoms with Crippen LogP contribution in [0.15, 0.2) is 36.4 Å². The zero-order valence-electron chi connectivity index (χ0n) is 26.8. The molecule has 9 nitrogen and oxygen atoms in total. The van der Waals surface area contributed by atoms with Gasteiger partial charge < -0.3 is 24.2 Å². The van der Waals surface area contributed by atoms with E-state index in [0.29, 0.717) is 41.3 Å². The second-order valence-electron chi connectivity index (χ2n) is 12.4. The minimum absolute atomic E-state index is 0.0354. The van der Waals surface area contributed by atoms with Crippen molar-refractivity contribution in [2.45, 2.75) is 52.8 Å². The number of anilines is 2. The van der Waals surface area contributed by atoms with Crippen molar-refractivity contribution in [2.75, 3.05) is 43.6 Å². The number of halogens is 4. The summed E-state index contributed by atoms with van der Waals surface area (Å²) in [5.41, 5.74) is 1.46. The van der Waals surface area contributed by atoms with Gasteiger partial charge in [-0.3, -0.25) is 0 Å². The molecule has 5 rings (SSSR count). The highest BCUT2D eigenvalue weighted by molar-refractivity contribution is 14.1. The zero-order valence-corrected chi connectivity index (χ0v) is 29.7. The van der Waals surface area contributed by atoms with Gasteiger partial charge in [-0.2, -0.15) is 14.4 Å². The highest BCUT2D eigenvalue weighted by atomic mass is 127. The Bertz CT molecular complexity index is 1790. The molecular weight excluding hydrogens is 729 g/mol. The third-order valence-electron chi connectivity index (χ3n) is 7.72. The van der Waals surface area contributed by atoms with Crippen LogP contribution in [0.3, 0.4) is 0 Å². The molecule has 1 aliphatic rings. The molecule has 3 heterocycles. The van der Waals surface area contributed by atoms with Crippen molar-refractivity contribution in [3.8, 4) is 17.0 Å². The summed E-state index contributed by atoms with van der Waals surface area (Å²) in [7, 11) is 3.52. The fraction of sp³-hybridized carbons (Fsp3) is 0.394. The standard InChI is InChI=1S/C33H36ClF2IN6O3/c1-18-14-24(41(6)17-20-8-10-21(45-7)11-9-20)38-29(27(18)37)25-23(34)15-22-28(26(25)35)39-31(36)40-30(22)43-13-12-42(16-19(43)2)32(44)46-33(3,4)5/h8-11,14-15,19H,12-13,16-17H2,1-7H3/t19-/m0/s1. The summed E-state index contributed by atoms with van der Waals surface area (Å²) < 4.78 is 43.0. The maximum Gasteiger partial charge on any atom is 0.410 e. The third kappa shape index (κ3) is 7.07. The molecule has 1 saturated heterocycles. The monoisotopic (exact) mass is 764 g/mol. The first-order valence-electron chi connectivity index (χ1n) is 14.8. The van der Waals surface area contributed by atoms with Crippen molar-refractivity contribution >= 4 is 62.8 Å². The van der Waals surface area contributed by atoms with Gasteiger partial charge in [-0.25, -0.2) is 14.2 Å². The molecular formula is C33H36ClF2IN6O3. The van der Waals surface area contributed by atoms with Crippen LogP contribution in [-0.2, 0) is 11.3 Å². The van der Waals surface area contributed by atoms with Crippen molar-refractivity contribution in [2.24, 2.45) is 0 Å². The number of benzene rings is 2. The number of rotatable bonds is 6. The molecule has 1 atom stereocenters. The molecule has 13 heteroatoms. The largest absolute Gasteiger partial charge is 0.497 e. The smallest absolute Gasteiger partial charge is 0.410 e. The van der Waals surface area contributed by atoms with Crippen LogP contribution in [0.4, 0.5) is 25.2 Å². The first kappa shape index (κ1) is 33.8. The number of hydrogen-bond acceptors (Lipinski definition) is 8. The van der Waals surface area contributed by atoms with Crippen molar-refractivity contribution in [3.05, 3.63) is 68.0 Å². The number of fused-ring (bicyclic) bond motifs is 1.